The fraction of sp³-hybridized carbons (Fsp3) is 0.250. The van der Waals surface area contributed by atoms with Crippen LogP contribution in [0.2, 0.25) is 0 Å². The number of nitrogens with zero attached hydrogens (tertiary/aromatic N) is 2. The number of hydrogen-bond donors (Lipinski definition) is 1. The molecule has 2 aromatic rings. The van der Waals surface area contributed by atoms with Gasteiger partial charge in [-0.1, -0.05) is 6.92 Å². The Morgan fingerprint density at radius 3 is 3.00 bits per heavy atom. The van der Waals surface area contributed by atoms with Gasteiger partial charge in [-0.15, -0.1) is 0 Å². The molecule has 0 fully saturated rings. The predicted molar refractivity (Wildman–Crippen MR) is 69.9 cm³/mol. The highest BCUT2D eigenvalue weighted by Crippen LogP contribution is 2.25. The van der Waals surface area contributed by atoms with Crippen molar-refractivity contribution in [3.05, 3.63) is 40.9 Å². The van der Waals surface area contributed by atoms with Gasteiger partial charge >= 0.3 is 0 Å². The molecule has 0 aliphatic heterocycles. The summed E-state index contributed by atoms with van der Waals surface area (Å²) in [4.78, 5) is 4.23. The minimum Gasteiger partial charge on any atom is -0.325 e. The van der Waals surface area contributed by atoms with E-state index in [0.717, 1.165) is 24.6 Å². The molecule has 1 N–H and O–H groups in total. The van der Waals surface area contributed by atoms with E-state index in [0.29, 0.717) is 4.47 Å². The van der Waals surface area contributed by atoms with Gasteiger partial charge in [-0.2, -0.15) is 0 Å². The average Bonchev–Trinajstić information content (AvgIpc) is 2.71. The van der Waals surface area contributed by atoms with Gasteiger partial charge in [0.1, 0.15) is 5.82 Å². The Bertz CT molecular complexity index is 510. The molecule has 1 heterocycles. The van der Waals surface area contributed by atoms with Crippen LogP contribution in [0.15, 0.2) is 35.1 Å². The summed E-state index contributed by atoms with van der Waals surface area (Å²) in [7, 11) is 0. The molecule has 1 aromatic heterocycles. The lowest BCUT2D eigenvalue weighted by Gasteiger charge is -2.10. The maximum Gasteiger partial charge on any atom is 0.207 e. The molecule has 0 saturated carbocycles. The lowest BCUT2D eigenvalue weighted by atomic mass is 10.3. The standard InChI is InChI=1S/C12H13BrFN3/c1-2-6-17-7-5-15-12(17)16-11-4-3-9(14)8-10(11)13/h3-5,7-8H,2,6H2,1H3,(H,15,16). The maximum absolute atomic E-state index is 12.9. The lowest BCUT2D eigenvalue weighted by molar-refractivity contribution is 0.627. The van der Waals surface area contributed by atoms with Crippen LogP contribution in [0.5, 0.6) is 0 Å². The first kappa shape index (κ1) is 12.1. The van der Waals surface area contributed by atoms with Crippen LogP contribution in [0, 0.1) is 5.82 Å². The third-order valence-electron chi connectivity index (χ3n) is 2.36. The summed E-state index contributed by atoms with van der Waals surface area (Å²) in [5.74, 6) is 0.499. The molecule has 0 radical (unpaired) electrons. The van der Waals surface area contributed by atoms with E-state index in [4.69, 9.17) is 0 Å². The highest BCUT2D eigenvalue weighted by atomic mass is 79.9. The monoisotopic (exact) mass is 297 g/mol. The van der Waals surface area contributed by atoms with Gasteiger partial charge in [0.25, 0.3) is 0 Å². The van der Waals surface area contributed by atoms with E-state index in [1.807, 2.05) is 10.8 Å². The fourth-order valence-corrected chi connectivity index (χ4v) is 2.02. The second-order valence-corrected chi connectivity index (χ2v) is 4.55. The summed E-state index contributed by atoms with van der Waals surface area (Å²) < 4.78 is 15.7. The van der Waals surface area contributed by atoms with Crippen molar-refractivity contribution in [1.29, 1.82) is 0 Å². The van der Waals surface area contributed by atoms with E-state index in [-0.39, 0.29) is 5.82 Å². The SMILES string of the molecule is CCCn1ccnc1Nc1ccc(F)cc1Br. The van der Waals surface area contributed by atoms with Crippen molar-refractivity contribution in [3.63, 3.8) is 0 Å². The molecule has 0 spiro atoms. The third kappa shape index (κ3) is 2.85. The van der Waals surface area contributed by atoms with E-state index >= 15 is 0 Å². The molecule has 0 bridgehead atoms. The number of aromatic nitrogens is 2. The number of hydrogen-bond acceptors (Lipinski definition) is 2. The van der Waals surface area contributed by atoms with Gasteiger partial charge in [-0.3, -0.25) is 0 Å². The molecule has 0 aliphatic carbocycles. The van der Waals surface area contributed by atoms with Crippen molar-refractivity contribution in [2.45, 2.75) is 19.9 Å². The van der Waals surface area contributed by atoms with Crippen LogP contribution in [0.3, 0.4) is 0 Å². The first-order valence-electron chi connectivity index (χ1n) is 5.44. The topological polar surface area (TPSA) is 29.9 Å². The zero-order chi connectivity index (χ0) is 12.3. The lowest BCUT2D eigenvalue weighted by Crippen LogP contribution is -2.03. The third-order valence-corrected chi connectivity index (χ3v) is 3.01. The Kier molecular flexibility index (Phi) is 3.78. The molecule has 0 saturated heterocycles. The highest BCUT2D eigenvalue weighted by molar-refractivity contribution is 9.10. The number of benzene rings is 1. The molecule has 3 nitrogen and oxygen atoms in total. The van der Waals surface area contributed by atoms with Gasteiger partial charge < -0.3 is 9.88 Å². The minimum atomic E-state index is -0.265. The Balaban J connectivity index is 2.22. The summed E-state index contributed by atoms with van der Waals surface area (Å²) in [6, 6.07) is 4.53. The van der Waals surface area contributed by atoms with Gasteiger partial charge in [0, 0.05) is 23.4 Å². The zero-order valence-corrected chi connectivity index (χ0v) is 11.0. The molecular weight excluding hydrogens is 285 g/mol. The van der Waals surface area contributed by atoms with Crippen molar-refractivity contribution in [1.82, 2.24) is 9.55 Å². The Labute approximate surface area is 108 Å². The van der Waals surface area contributed by atoms with Crippen molar-refractivity contribution in [2.24, 2.45) is 0 Å². The zero-order valence-electron chi connectivity index (χ0n) is 9.45. The molecule has 17 heavy (non-hydrogen) atoms. The number of aryl methyl sites for hydroxylation is 1. The highest BCUT2D eigenvalue weighted by Gasteiger charge is 2.05. The van der Waals surface area contributed by atoms with Crippen molar-refractivity contribution >= 4 is 27.6 Å². The van der Waals surface area contributed by atoms with E-state index in [2.05, 4.69) is 33.2 Å². The number of imidazole rings is 1. The van der Waals surface area contributed by atoms with Gasteiger partial charge in [0.15, 0.2) is 0 Å². The number of rotatable bonds is 4. The van der Waals surface area contributed by atoms with Crippen molar-refractivity contribution < 1.29 is 4.39 Å². The van der Waals surface area contributed by atoms with E-state index in [1.165, 1.54) is 12.1 Å². The number of nitrogens with one attached hydrogen (secondary N) is 1. The van der Waals surface area contributed by atoms with Crippen LogP contribution in [0.4, 0.5) is 16.0 Å². The molecule has 90 valence electrons. The van der Waals surface area contributed by atoms with E-state index in [9.17, 15) is 4.39 Å². The smallest absolute Gasteiger partial charge is 0.207 e. The number of halogens is 2. The summed E-state index contributed by atoms with van der Waals surface area (Å²) in [6.45, 7) is 3.01. The largest absolute Gasteiger partial charge is 0.325 e. The summed E-state index contributed by atoms with van der Waals surface area (Å²) in [5.41, 5.74) is 0.801. The van der Waals surface area contributed by atoms with Gasteiger partial charge in [0.2, 0.25) is 5.95 Å². The predicted octanol–water partition coefficient (Wildman–Crippen LogP) is 3.94. The summed E-state index contributed by atoms with van der Waals surface area (Å²) in [5, 5.41) is 3.17. The van der Waals surface area contributed by atoms with Gasteiger partial charge in [-0.05, 0) is 40.5 Å². The Morgan fingerprint density at radius 2 is 2.29 bits per heavy atom. The van der Waals surface area contributed by atoms with E-state index in [1.54, 1.807) is 12.3 Å². The quantitative estimate of drug-likeness (QED) is 0.926. The van der Waals surface area contributed by atoms with Crippen LogP contribution in [-0.2, 0) is 6.54 Å². The molecule has 0 unspecified atom stereocenters. The summed E-state index contributed by atoms with van der Waals surface area (Å²) in [6.07, 6.45) is 4.70. The molecule has 5 heteroatoms. The van der Waals surface area contributed by atoms with Gasteiger partial charge in [0.05, 0.1) is 5.69 Å². The molecule has 0 aliphatic rings. The van der Waals surface area contributed by atoms with E-state index < -0.39 is 0 Å². The Morgan fingerprint density at radius 1 is 1.47 bits per heavy atom. The maximum atomic E-state index is 12.9. The minimum absolute atomic E-state index is 0.265. The van der Waals surface area contributed by atoms with Crippen LogP contribution in [0.25, 0.3) is 0 Å². The number of anilines is 2. The first-order chi connectivity index (χ1) is 8.20. The van der Waals surface area contributed by atoms with Crippen molar-refractivity contribution in [3.8, 4) is 0 Å². The van der Waals surface area contributed by atoms with Crippen LogP contribution < -0.4 is 5.32 Å². The summed E-state index contributed by atoms with van der Waals surface area (Å²) >= 11 is 3.32. The molecule has 2 rings (SSSR count). The molecular formula is C12H13BrFN3. The average molecular weight is 298 g/mol. The second-order valence-electron chi connectivity index (χ2n) is 3.69. The van der Waals surface area contributed by atoms with Gasteiger partial charge in [-0.25, -0.2) is 9.37 Å². The molecule has 0 amide bonds. The normalized spacial score (nSPS) is 10.5. The molecule has 1 aromatic carbocycles. The van der Waals surface area contributed by atoms with Crippen molar-refractivity contribution in [2.75, 3.05) is 5.32 Å². The fourth-order valence-electron chi connectivity index (χ4n) is 1.57. The molecule has 0 atom stereocenters. The van der Waals surface area contributed by atoms with Crippen LogP contribution in [0.1, 0.15) is 13.3 Å². The first-order valence-corrected chi connectivity index (χ1v) is 6.23. The Hall–Kier alpha value is -1.36. The second kappa shape index (κ2) is 5.31. The van der Waals surface area contributed by atoms with Crippen LogP contribution in [-0.4, -0.2) is 9.55 Å². The van der Waals surface area contributed by atoms with Crippen LogP contribution >= 0.6 is 15.9 Å².